The molecular formula is C13H12N4O2. The van der Waals surface area contributed by atoms with Gasteiger partial charge in [0, 0.05) is 6.20 Å². The number of hydrogen-bond acceptors (Lipinski definition) is 5. The van der Waals surface area contributed by atoms with Crippen LogP contribution in [0, 0.1) is 11.5 Å². The van der Waals surface area contributed by atoms with Crippen LogP contribution in [-0.2, 0) is 9.53 Å². The lowest BCUT2D eigenvalue weighted by Gasteiger charge is -2.03. The molecule has 0 aliphatic carbocycles. The third-order valence-electron chi connectivity index (χ3n) is 2.42. The smallest absolute Gasteiger partial charge is 0.343 e. The third kappa shape index (κ3) is 2.72. The first-order valence-corrected chi connectivity index (χ1v) is 5.73. The van der Waals surface area contributed by atoms with E-state index in [0.29, 0.717) is 5.82 Å². The summed E-state index contributed by atoms with van der Waals surface area (Å²) in [4.78, 5) is 19.1. The normalized spacial score (nSPS) is 11.1. The summed E-state index contributed by atoms with van der Waals surface area (Å²) in [5, 5.41) is 10.8. The fourth-order valence-electron chi connectivity index (χ4n) is 1.62. The maximum atomic E-state index is 11.8. The SMILES string of the molecule is CCOC(=O)C(=CNC#N)c1nc2ccccc2[nH]1. The zero-order valence-corrected chi connectivity index (χ0v) is 10.3. The Kier molecular flexibility index (Phi) is 3.78. The number of imidazole rings is 1. The van der Waals surface area contributed by atoms with Crippen LogP contribution in [0.5, 0.6) is 0 Å². The van der Waals surface area contributed by atoms with E-state index < -0.39 is 5.97 Å². The largest absolute Gasteiger partial charge is 0.462 e. The van der Waals surface area contributed by atoms with Crippen molar-refractivity contribution in [2.24, 2.45) is 0 Å². The lowest BCUT2D eigenvalue weighted by Crippen LogP contribution is -2.10. The van der Waals surface area contributed by atoms with Gasteiger partial charge in [0.2, 0.25) is 0 Å². The van der Waals surface area contributed by atoms with Gasteiger partial charge in [0.05, 0.1) is 17.6 Å². The number of fused-ring (bicyclic) bond motifs is 1. The van der Waals surface area contributed by atoms with Gasteiger partial charge in [-0.2, -0.15) is 5.26 Å². The van der Waals surface area contributed by atoms with Crippen molar-refractivity contribution in [2.75, 3.05) is 6.61 Å². The number of rotatable bonds is 4. The quantitative estimate of drug-likeness (QED) is 0.375. The summed E-state index contributed by atoms with van der Waals surface area (Å²) in [6.45, 7) is 1.97. The first kappa shape index (κ1) is 12.6. The Morgan fingerprint density at radius 2 is 2.37 bits per heavy atom. The van der Waals surface area contributed by atoms with Gasteiger partial charge >= 0.3 is 5.97 Å². The summed E-state index contributed by atoms with van der Waals surface area (Å²) >= 11 is 0. The second kappa shape index (κ2) is 5.69. The summed E-state index contributed by atoms with van der Waals surface area (Å²) < 4.78 is 4.93. The number of H-pyrrole nitrogens is 1. The molecule has 0 atom stereocenters. The van der Waals surface area contributed by atoms with Crippen molar-refractivity contribution < 1.29 is 9.53 Å². The Morgan fingerprint density at radius 3 is 3.05 bits per heavy atom. The molecule has 0 bridgehead atoms. The van der Waals surface area contributed by atoms with Gasteiger partial charge in [-0.1, -0.05) is 12.1 Å². The number of esters is 1. The number of nitrogens with zero attached hydrogens (tertiary/aromatic N) is 2. The number of hydrogen-bond donors (Lipinski definition) is 2. The van der Waals surface area contributed by atoms with E-state index in [2.05, 4.69) is 15.3 Å². The predicted molar refractivity (Wildman–Crippen MR) is 69.5 cm³/mol. The molecule has 0 aliphatic heterocycles. The molecule has 2 N–H and O–H groups in total. The molecule has 6 nitrogen and oxygen atoms in total. The molecule has 0 radical (unpaired) electrons. The van der Waals surface area contributed by atoms with E-state index in [-0.39, 0.29) is 12.2 Å². The van der Waals surface area contributed by atoms with Gasteiger partial charge in [0.15, 0.2) is 6.19 Å². The molecular weight excluding hydrogens is 244 g/mol. The van der Waals surface area contributed by atoms with Crippen molar-refractivity contribution >= 4 is 22.6 Å². The highest BCUT2D eigenvalue weighted by Gasteiger charge is 2.17. The molecule has 2 rings (SSSR count). The van der Waals surface area contributed by atoms with Crippen LogP contribution in [0.3, 0.4) is 0 Å². The van der Waals surface area contributed by atoms with Gasteiger partial charge in [-0.3, -0.25) is 5.32 Å². The molecule has 0 unspecified atom stereocenters. The molecule has 0 spiro atoms. The molecule has 0 amide bonds. The zero-order valence-electron chi connectivity index (χ0n) is 10.3. The van der Waals surface area contributed by atoms with E-state index in [1.807, 2.05) is 24.3 Å². The number of aromatic nitrogens is 2. The van der Waals surface area contributed by atoms with E-state index in [0.717, 1.165) is 11.0 Å². The number of aromatic amines is 1. The highest BCUT2D eigenvalue weighted by molar-refractivity contribution is 6.15. The monoisotopic (exact) mass is 256 g/mol. The number of para-hydroxylation sites is 2. The maximum absolute atomic E-state index is 11.8. The van der Waals surface area contributed by atoms with Crippen LogP contribution in [-0.4, -0.2) is 22.5 Å². The molecule has 19 heavy (non-hydrogen) atoms. The number of benzene rings is 1. The maximum Gasteiger partial charge on any atom is 0.343 e. The molecule has 1 aromatic heterocycles. The molecule has 96 valence electrons. The minimum atomic E-state index is -0.538. The van der Waals surface area contributed by atoms with Crippen molar-refractivity contribution in [1.29, 1.82) is 5.26 Å². The predicted octanol–water partition coefficient (Wildman–Crippen LogP) is 1.54. The van der Waals surface area contributed by atoms with Crippen molar-refractivity contribution in [2.45, 2.75) is 6.92 Å². The first-order valence-electron chi connectivity index (χ1n) is 5.73. The summed E-state index contributed by atoms with van der Waals surface area (Å²) in [7, 11) is 0. The van der Waals surface area contributed by atoms with Crippen molar-refractivity contribution in [3.63, 3.8) is 0 Å². The van der Waals surface area contributed by atoms with Gasteiger partial charge < -0.3 is 9.72 Å². The molecule has 0 aliphatic rings. The highest BCUT2D eigenvalue weighted by atomic mass is 16.5. The Bertz CT molecular complexity index is 634. The summed E-state index contributed by atoms with van der Waals surface area (Å²) in [6, 6.07) is 7.40. The van der Waals surface area contributed by atoms with Crippen molar-refractivity contribution in [1.82, 2.24) is 15.3 Å². The van der Waals surface area contributed by atoms with Crippen LogP contribution < -0.4 is 5.32 Å². The molecule has 0 saturated heterocycles. The average molecular weight is 256 g/mol. The van der Waals surface area contributed by atoms with Crippen LogP contribution >= 0.6 is 0 Å². The molecule has 0 saturated carbocycles. The van der Waals surface area contributed by atoms with Gasteiger partial charge in [0.25, 0.3) is 0 Å². The Hall–Kier alpha value is -2.81. The number of nitrogens with one attached hydrogen (secondary N) is 2. The lowest BCUT2D eigenvalue weighted by molar-refractivity contribution is -0.136. The van der Waals surface area contributed by atoms with Gasteiger partial charge in [0.1, 0.15) is 11.4 Å². The lowest BCUT2D eigenvalue weighted by atomic mass is 10.3. The van der Waals surface area contributed by atoms with Crippen LogP contribution in [0.15, 0.2) is 30.5 Å². The number of ether oxygens (including phenoxy) is 1. The van der Waals surface area contributed by atoms with Crippen molar-refractivity contribution in [3.8, 4) is 6.19 Å². The first-order chi connectivity index (χ1) is 9.26. The van der Waals surface area contributed by atoms with Gasteiger partial charge in [-0.05, 0) is 19.1 Å². The minimum Gasteiger partial charge on any atom is -0.462 e. The van der Waals surface area contributed by atoms with Gasteiger partial charge in [-0.25, -0.2) is 9.78 Å². The second-order valence-electron chi connectivity index (χ2n) is 3.64. The molecule has 0 fully saturated rings. The standard InChI is InChI=1S/C13H12N4O2/c1-2-19-13(18)9(7-15-8-14)12-16-10-5-3-4-6-11(10)17-12/h3-7,15H,2H2,1H3,(H,16,17). The van der Waals surface area contributed by atoms with Gasteiger partial charge in [-0.15, -0.1) is 0 Å². The Labute approximate surface area is 109 Å². The topological polar surface area (TPSA) is 90.8 Å². The molecule has 6 heteroatoms. The van der Waals surface area contributed by atoms with E-state index in [1.54, 1.807) is 13.1 Å². The second-order valence-corrected chi connectivity index (χ2v) is 3.64. The van der Waals surface area contributed by atoms with E-state index in [1.165, 1.54) is 6.20 Å². The van der Waals surface area contributed by atoms with Crippen LogP contribution in [0.1, 0.15) is 12.7 Å². The molecule has 1 aromatic carbocycles. The minimum absolute atomic E-state index is 0.180. The van der Waals surface area contributed by atoms with E-state index >= 15 is 0 Å². The summed E-state index contributed by atoms with van der Waals surface area (Å²) in [5.41, 5.74) is 1.73. The van der Waals surface area contributed by atoms with Crippen molar-refractivity contribution in [3.05, 3.63) is 36.3 Å². The van der Waals surface area contributed by atoms with E-state index in [9.17, 15) is 4.79 Å². The van der Waals surface area contributed by atoms with E-state index in [4.69, 9.17) is 10.00 Å². The number of carbonyl (C=O) groups is 1. The third-order valence-corrected chi connectivity index (χ3v) is 2.42. The highest BCUT2D eigenvalue weighted by Crippen LogP contribution is 2.17. The number of carbonyl (C=O) groups excluding carboxylic acids is 1. The fourth-order valence-corrected chi connectivity index (χ4v) is 1.62. The van der Waals surface area contributed by atoms with Crippen LogP contribution in [0.2, 0.25) is 0 Å². The fraction of sp³-hybridized carbons (Fsp3) is 0.154. The van der Waals surface area contributed by atoms with Crippen LogP contribution in [0.25, 0.3) is 16.6 Å². The van der Waals surface area contributed by atoms with Crippen LogP contribution in [0.4, 0.5) is 0 Å². The summed E-state index contributed by atoms with van der Waals surface area (Å²) in [6.07, 6.45) is 3.00. The molecule has 2 aromatic rings. The Balaban J connectivity index is 2.43. The summed E-state index contributed by atoms with van der Waals surface area (Å²) in [5.74, 6) is -0.174. The molecule has 1 heterocycles. The Morgan fingerprint density at radius 1 is 1.58 bits per heavy atom. The number of nitriles is 1. The average Bonchev–Trinajstić information content (AvgIpc) is 2.83. The zero-order chi connectivity index (χ0) is 13.7.